The Kier molecular flexibility index (Phi) is 14.4. The molecule has 3 atom stereocenters. The normalized spacial score (nSPS) is 21.8. The van der Waals surface area contributed by atoms with Gasteiger partial charge in [-0.05, 0) is 26.2 Å². The topological polar surface area (TPSA) is 62.0 Å². The van der Waals surface area contributed by atoms with Gasteiger partial charge in [-0.15, -0.1) is 0 Å². The van der Waals surface area contributed by atoms with Crippen molar-refractivity contribution in [2.24, 2.45) is 5.92 Å². The van der Waals surface area contributed by atoms with Gasteiger partial charge < -0.3 is 28.4 Å². The van der Waals surface area contributed by atoms with Crippen LogP contribution in [0, 0.1) is 5.92 Å². The zero-order valence-corrected chi connectivity index (χ0v) is 18.9. The fourth-order valence-electron chi connectivity index (χ4n) is 3.33. The lowest BCUT2D eigenvalue weighted by Crippen LogP contribution is -2.44. The summed E-state index contributed by atoms with van der Waals surface area (Å²) in [6.07, 6.45) is 11.6. The molecule has 6 nitrogen and oxygen atoms in total. The van der Waals surface area contributed by atoms with Crippen LogP contribution in [-0.2, 0) is 28.4 Å². The van der Waals surface area contributed by atoms with E-state index in [0.29, 0.717) is 18.8 Å². The first-order valence-corrected chi connectivity index (χ1v) is 11.1. The molecule has 2 aliphatic heterocycles. The molecule has 0 amide bonds. The third-order valence-electron chi connectivity index (χ3n) is 5.31. The number of unbranched alkanes of at least 4 members (excludes halogenated alkanes) is 5. The van der Waals surface area contributed by atoms with E-state index in [9.17, 15) is 0 Å². The fraction of sp³-hybridized carbons (Fsp3) is 1.00. The molecule has 0 aromatic heterocycles. The van der Waals surface area contributed by atoms with Gasteiger partial charge in [-0.3, -0.25) is 0 Å². The van der Waals surface area contributed by atoms with Gasteiger partial charge in [0.05, 0.1) is 25.9 Å². The van der Waals surface area contributed by atoms with Crippen molar-refractivity contribution in [2.75, 3.05) is 47.8 Å². The lowest BCUT2D eigenvalue weighted by Gasteiger charge is -2.36. The van der Waals surface area contributed by atoms with E-state index in [4.69, 9.17) is 28.4 Å². The van der Waals surface area contributed by atoms with Crippen LogP contribution in [-0.4, -0.2) is 65.9 Å². The Morgan fingerprint density at radius 3 is 1.89 bits per heavy atom. The summed E-state index contributed by atoms with van der Waals surface area (Å²) < 4.78 is 32.3. The molecule has 0 radical (unpaired) electrons. The predicted molar refractivity (Wildman–Crippen MR) is 110 cm³/mol. The van der Waals surface area contributed by atoms with Crippen molar-refractivity contribution < 1.29 is 28.4 Å². The van der Waals surface area contributed by atoms with Gasteiger partial charge in [0.15, 0.2) is 0 Å². The maximum Gasteiger partial charge on any atom is 0.285 e. The molecule has 2 fully saturated rings. The van der Waals surface area contributed by atoms with Crippen molar-refractivity contribution in [3.05, 3.63) is 0 Å². The van der Waals surface area contributed by atoms with Gasteiger partial charge in [-0.1, -0.05) is 45.4 Å². The number of hydrogen-bond donors (Lipinski definition) is 0. The maximum absolute atomic E-state index is 5.64. The summed E-state index contributed by atoms with van der Waals surface area (Å²) in [7, 11) is 4.96. The molecule has 2 heterocycles. The second-order valence-corrected chi connectivity index (χ2v) is 7.79. The summed E-state index contributed by atoms with van der Waals surface area (Å²) in [5.41, 5.74) is 0. The van der Waals surface area contributed by atoms with Crippen molar-refractivity contribution in [2.45, 2.75) is 89.8 Å². The van der Waals surface area contributed by atoms with E-state index < -0.39 is 5.97 Å². The number of epoxide rings is 2. The van der Waals surface area contributed by atoms with E-state index in [-0.39, 0.29) is 5.92 Å². The SMILES string of the molecule is CC1CO1.CCCCCCCCC(CCCOCC1CO1)C(OC)(OC)OC. The molecule has 2 saturated heterocycles. The van der Waals surface area contributed by atoms with Crippen LogP contribution in [0.15, 0.2) is 0 Å². The largest absolute Gasteiger partial charge is 0.379 e. The minimum absolute atomic E-state index is 0.212. The van der Waals surface area contributed by atoms with E-state index in [1.54, 1.807) is 21.3 Å². The predicted octanol–water partition coefficient (Wildman–Crippen LogP) is 4.55. The fourth-order valence-corrected chi connectivity index (χ4v) is 3.33. The first-order valence-electron chi connectivity index (χ1n) is 11.1. The standard InChI is InChI=1S/C19H38O5.C3H6O/c1-5-6-7-8-9-10-12-17(19(20-2,21-3)22-4)13-11-14-23-15-18-16-24-18;1-3-2-4-3/h17-18H,5-16H2,1-4H3;3H,2H2,1H3. The zero-order valence-electron chi connectivity index (χ0n) is 18.9. The van der Waals surface area contributed by atoms with Crippen LogP contribution in [0.25, 0.3) is 0 Å². The average Bonchev–Trinajstić information content (AvgIpc) is 3.64. The summed E-state index contributed by atoms with van der Waals surface area (Å²) in [5, 5.41) is 0. The lowest BCUT2D eigenvalue weighted by atomic mass is 9.93. The molecule has 0 aromatic carbocycles. The van der Waals surface area contributed by atoms with Crippen molar-refractivity contribution in [3.63, 3.8) is 0 Å². The summed E-state index contributed by atoms with van der Waals surface area (Å²) in [5.74, 6) is -0.729. The monoisotopic (exact) mass is 404 g/mol. The molecule has 2 rings (SSSR count). The Morgan fingerprint density at radius 1 is 0.857 bits per heavy atom. The molecule has 2 aliphatic rings. The maximum atomic E-state index is 5.64. The highest BCUT2D eigenvalue weighted by atomic mass is 16.9. The first kappa shape index (κ1) is 25.8. The quantitative estimate of drug-likeness (QED) is 0.201. The van der Waals surface area contributed by atoms with E-state index in [1.165, 1.54) is 38.5 Å². The number of hydrogen-bond acceptors (Lipinski definition) is 6. The molecule has 6 heteroatoms. The Balaban J connectivity index is 0.000000863. The first-order chi connectivity index (χ1) is 13.6. The van der Waals surface area contributed by atoms with Crippen LogP contribution in [0.3, 0.4) is 0 Å². The van der Waals surface area contributed by atoms with Crippen molar-refractivity contribution in [3.8, 4) is 0 Å². The van der Waals surface area contributed by atoms with Crippen LogP contribution in [0.1, 0.15) is 71.6 Å². The molecule has 0 bridgehead atoms. The minimum atomic E-state index is -0.941. The van der Waals surface area contributed by atoms with E-state index in [0.717, 1.165) is 39.1 Å². The molecular formula is C22H44O6. The van der Waals surface area contributed by atoms with Crippen molar-refractivity contribution in [1.82, 2.24) is 0 Å². The summed E-state index contributed by atoms with van der Waals surface area (Å²) in [6.45, 7) is 7.60. The summed E-state index contributed by atoms with van der Waals surface area (Å²) in [4.78, 5) is 0. The second kappa shape index (κ2) is 15.6. The Hall–Kier alpha value is -0.240. The van der Waals surface area contributed by atoms with Gasteiger partial charge in [0.25, 0.3) is 5.97 Å². The van der Waals surface area contributed by atoms with Crippen LogP contribution in [0.2, 0.25) is 0 Å². The van der Waals surface area contributed by atoms with E-state index >= 15 is 0 Å². The smallest absolute Gasteiger partial charge is 0.285 e. The van der Waals surface area contributed by atoms with Gasteiger partial charge >= 0.3 is 0 Å². The van der Waals surface area contributed by atoms with Crippen molar-refractivity contribution >= 4 is 0 Å². The van der Waals surface area contributed by atoms with Crippen LogP contribution < -0.4 is 0 Å². The number of methoxy groups -OCH3 is 3. The summed E-state index contributed by atoms with van der Waals surface area (Å²) >= 11 is 0. The highest BCUT2D eigenvalue weighted by Gasteiger charge is 2.39. The van der Waals surface area contributed by atoms with Crippen molar-refractivity contribution in [1.29, 1.82) is 0 Å². The molecule has 0 N–H and O–H groups in total. The highest BCUT2D eigenvalue weighted by molar-refractivity contribution is 4.72. The molecule has 168 valence electrons. The lowest BCUT2D eigenvalue weighted by molar-refractivity contribution is -0.380. The Morgan fingerprint density at radius 2 is 1.39 bits per heavy atom. The molecule has 0 saturated carbocycles. The van der Waals surface area contributed by atoms with Gasteiger partial charge in [-0.2, -0.15) is 0 Å². The molecule has 0 aliphatic carbocycles. The molecule has 0 spiro atoms. The number of rotatable bonds is 17. The molecule has 28 heavy (non-hydrogen) atoms. The number of ether oxygens (including phenoxy) is 6. The minimum Gasteiger partial charge on any atom is -0.379 e. The van der Waals surface area contributed by atoms with Gasteiger partial charge in [-0.25, -0.2) is 0 Å². The molecule has 0 aromatic rings. The third-order valence-corrected chi connectivity index (χ3v) is 5.31. The zero-order chi connectivity index (χ0) is 20.7. The van der Waals surface area contributed by atoms with E-state index in [1.807, 2.05) is 0 Å². The Labute approximate surface area is 172 Å². The Bertz CT molecular complexity index is 345. The van der Waals surface area contributed by atoms with Crippen LogP contribution >= 0.6 is 0 Å². The van der Waals surface area contributed by atoms with E-state index in [2.05, 4.69) is 13.8 Å². The van der Waals surface area contributed by atoms with Gasteiger partial charge in [0.1, 0.15) is 6.10 Å². The summed E-state index contributed by atoms with van der Waals surface area (Å²) in [6, 6.07) is 0. The molecule has 3 unspecified atom stereocenters. The second-order valence-electron chi connectivity index (χ2n) is 7.79. The van der Waals surface area contributed by atoms with Gasteiger partial charge in [0.2, 0.25) is 0 Å². The average molecular weight is 405 g/mol. The molecular weight excluding hydrogens is 360 g/mol. The van der Waals surface area contributed by atoms with Crippen LogP contribution in [0.5, 0.6) is 0 Å². The third kappa shape index (κ3) is 11.7. The van der Waals surface area contributed by atoms with Gasteiger partial charge in [0, 0.05) is 33.9 Å². The van der Waals surface area contributed by atoms with Crippen LogP contribution in [0.4, 0.5) is 0 Å². The highest BCUT2D eigenvalue weighted by Crippen LogP contribution is 2.32.